The Balaban J connectivity index is 2.10. The molecule has 1 amide bonds. The number of aromatic nitrogens is 1. The van der Waals surface area contributed by atoms with Gasteiger partial charge in [0.2, 0.25) is 5.91 Å². The molecule has 2 rings (SSSR count). The summed E-state index contributed by atoms with van der Waals surface area (Å²) in [5.74, 6) is -1.30. The number of carboxylic acids is 1. The average molecular weight is 328 g/mol. The van der Waals surface area contributed by atoms with Crippen molar-refractivity contribution < 1.29 is 14.7 Å². The zero-order valence-electron chi connectivity index (χ0n) is 13.6. The fraction of sp³-hybridized carbons (Fsp3) is 0.278. The van der Waals surface area contributed by atoms with E-state index in [-0.39, 0.29) is 29.5 Å². The van der Waals surface area contributed by atoms with Crippen molar-refractivity contribution in [2.75, 3.05) is 0 Å². The van der Waals surface area contributed by atoms with Crippen LogP contribution < -0.4 is 10.9 Å². The molecule has 6 heteroatoms. The number of rotatable bonds is 6. The molecule has 0 fully saturated rings. The van der Waals surface area contributed by atoms with Gasteiger partial charge in [-0.2, -0.15) is 0 Å². The third-order valence-corrected chi connectivity index (χ3v) is 3.72. The third kappa shape index (κ3) is 4.10. The predicted molar refractivity (Wildman–Crippen MR) is 89.8 cm³/mol. The lowest BCUT2D eigenvalue weighted by molar-refractivity contribution is -0.125. The summed E-state index contributed by atoms with van der Waals surface area (Å²) < 4.78 is 1.42. The summed E-state index contributed by atoms with van der Waals surface area (Å²) in [6.07, 6.45) is 1.61. The molecule has 0 aliphatic carbocycles. The number of nitrogens with zero attached hydrogens (tertiary/aromatic N) is 1. The summed E-state index contributed by atoms with van der Waals surface area (Å²) in [7, 11) is 0. The second kappa shape index (κ2) is 7.59. The molecule has 1 atom stereocenters. The Labute approximate surface area is 139 Å². The average Bonchev–Trinajstić information content (AvgIpc) is 2.55. The number of nitrogens with one attached hydrogen (secondary N) is 1. The number of benzene rings is 1. The maximum Gasteiger partial charge on any atom is 0.335 e. The molecule has 24 heavy (non-hydrogen) atoms. The Bertz CT molecular complexity index is 778. The van der Waals surface area contributed by atoms with Crippen molar-refractivity contribution in [1.82, 2.24) is 9.88 Å². The van der Waals surface area contributed by atoms with E-state index in [1.54, 1.807) is 30.5 Å². The first kappa shape index (κ1) is 17.5. The SMILES string of the molecule is CC(C)C(C(=O)NCc1ccc(C(=O)O)cc1)n1ccccc1=O. The lowest BCUT2D eigenvalue weighted by Gasteiger charge is -2.22. The molecule has 0 spiro atoms. The van der Waals surface area contributed by atoms with Crippen LogP contribution in [0.5, 0.6) is 0 Å². The molecule has 1 heterocycles. The van der Waals surface area contributed by atoms with Crippen molar-refractivity contribution in [3.8, 4) is 0 Å². The number of carbonyl (C=O) groups is 2. The minimum Gasteiger partial charge on any atom is -0.478 e. The summed E-state index contributed by atoms with van der Waals surface area (Å²) in [6.45, 7) is 4.03. The highest BCUT2D eigenvalue weighted by molar-refractivity contribution is 5.87. The van der Waals surface area contributed by atoms with Gasteiger partial charge >= 0.3 is 5.97 Å². The van der Waals surface area contributed by atoms with E-state index in [1.807, 2.05) is 13.8 Å². The van der Waals surface area contributed by atoms with Gasteiger partial charge in [-0.25, -0.2) is 4.79 Å². The van der Waals surface area contributed by atoms with E-state index in [9.17, 15) is 14.4 Å². The van der Waals surface area contributed by atoms with Gasteiger partial charge in [0.25, 0.3) is 5.56 Å². The Morgan fingerprint density at radius 3 is 2.33 bits per heavy atom. The van der Waals surface area contributed by atoms with E-state index in [2.05, 4.69) is 5.32 Å². The molecule has 1 aromatic heterocycles. The number of hydrogen-bond donors (Lipinski definition) is 2. The molecule has 0 aliphatic heterocycles. The van der Waals surface area contributed by atoms with Gasteiger partial charge in [-0.3, -0.25) is 9.59 Å². The first-order valence-electron chi connectivity index (χ1n) is 7.67. The second-order valence-corrected chi connectivity index (χ2v) is 5.85. The molecule has 0 saturated carbocycles. The van der Waals surface area contributed by atoms with Gasteiger partial charge in [0.1, 0.15) is 6.04 Å². The van der Waals surface area contributed by atoms with E-state index < -0.39 is 12.0 Å². The molecule has 2 N–H and O–H groups in total. The molecule has 2 aromatic rings. The van der Waals surface area contributed by atoms with Crippen molar-refractivity contribution in [3.63, 3.8) is 0 Å². The minimum atomic E-state index is -0.992. The van der Waals surface area contributed by atoms with Crippen LogP contribution >= 0.6 is 0 Å². The van der Waals surface area contributed by atoms with Crippen molar-refractivity contribution >= 4 is 11.9 Å². The third-order valence-electron chi connectivity index (χ3n) is 3.72. The number of aromatic carboxylic acids is 1. The lowest BCUT2D eigenvalue weighted by Crippen LogP contribution is -2.39. The Kier molecular flexibility index (Phi) is 5.52. The zero-order chi connectivity index (χ0) is 17.7. The summed E-state index contributed by atoms with van der Waals surface area (Å²) in [5, 5.41) is 11.7. The van der Waals surface area contributed by atoms with Gasteiger partial charge in [0, 0.05) is 18.8 Å². The van der Waals surface area contributed by atoms with Crippen molar-refractivity contribution in [1.29, 1.82) is 0 Å². The quantitative estimate of drug-likeness (QED) is 0.849. The molecular formula is C18H20N2O4. The van der Waals surface area contributed by atoms with Crippen LogP contribution in [0, 0.1) is 5.92 Å². The number of pyridine rings is 1. The van der Waals surface area contributed by atoms with Crippen LogP contribution in [-0.4, -0.2) is 21.6 Å². The fourth-order valence-corrected chi connectivity index (χ4v) is 2.48. The zero-order valence-corrected chi connectivity index (χ0v) is 13.6. The highest BCUT2D eigenvalue weighted by atomic mass is 16.4. The van der Waals surface area contributed by atoms with Crippen LogP contribution in [0.25, 0.3) is 0 Å². The van der Waals surface area contributed by atoms with Crippen molar-refractivity contribution in [2.24, 2.45) is 5.92 Å². The number of hydrogen-bond acceptors (Lipinski definition) is 3. The fourth-order valence-electron chi connectivity index (χ4n) is 2.48. The van der Waals surface area contributed by atoms with E-state index >= 15 is 0 Å². The molecule has 0 aliphatic rings. The molecule has 1 unspecified atom stereocenters. The lowest BCUT2D eigenvalue weighted by atomic mass is 10.0. The Hall–Kier alpha value is -2.89. The summed E-state index contributed by atoms with van der Waals surface area (Å²) in [6, 6.07) is 10.5. The largest absolute Gasteiger partial charge is 0.478 e. The Morgan fingerprint density at radius 2 is 1.79 bits per heavy atom. The maximum atomic E-state index is 12.5. The van der Waals surface area contributed by atoms with Crippen LogP contribution in [0.1, 0.15) is 35.8 Å². The topological polar surface area (TPSA) is 88.4 Å². The van der Waals surface area contributed by atoms with Crippen LogP contribution in [0.15, 0.2) is 53.5 Å². The van der Waals surface area contributed by atoms with Gasteiger partial charge in [-0.1, -0.05) is 32.0 Å². The van der Waals surface area contributed by atoms with Crippen molar-refractivity contribution in [2.45, 2.75) is 26.4 Å². The molecule has 126 valence electrons. The summed E-state index contributed by atoms with van der Waals surface area (Å²) >= 11 is 0. The number of carbonyl (C=O) groups excluding carboxylic acids is 1. The summed E-state index contributed by atoms with van der Waals surface area (Å²) in [5.41, 5.74) is 0.759. The molecule has 0 radical (unpaired) electrons. The molecule has 0 bridgehead atoms. The van der Waals surface area contributed by atoms with E-state index in [0.29, 0.717) is 0 Å². The van der Waals surface area contributed by atoms with Gasteiger partial charge in [-0.15, -0.1) is 0 Å². The first-order chi connectivity index (χ1) is 11.4. The number of amides is 1. The van der Waals surface area contributed by atoms with E-state index in [0.717, 1.165) is 5.56 Å². The normalized spacial score (nSPS) is 12.0. The second-order valence-electron chi connectivity index (χ2n) is 5.85. The summed E-state index contributed by atoms with van der Waals surface area (Å²) in [4.78, 5) is 35.3. The molecular weight excluding hydrogens is 308 g/mol. The predicted octanol–water partition coefficient (Wildman–Crippen LogP) is 2.06. The smallest absolute Gasteiger partial charge is 0.335 e. The van der Waals surface area contributed by atoms with Crippen LogP contribution in [0.3, 0.4) is 0 Å². The highest BCUT2D eigenvalue weighted by Gasteiger charge is 2.24. The minimum absolute atomic E-state index is 0.0560. The molecule has 1 aromatic carbocycles. The van der Waals surface area contributed by atoms with Gasteiger partial charge in [-0.05, 0) is 29.7 Å². The van der Waals surface area contributed by atoms with Gasteiger partial charge in [0.15, 0.2) is 0 Å². The monoisotopic (exact) mass is 328 g/mol. The van der Waals surface area contributed by atoms with Crippen molar-refractivity contribution in [3.05, 3.63) is 70.1 Å². The number of carboxylic acid groups (broad SMARTS) is 1. The van der Waals surface area contributed by atoms with Crippen LogP contribution in [0.2, 0.25) is 0 Å². The molecule has 6 nitrogen and oxygen atoms in total. The van der Waals surface area contributed by atoms with E-state index in [4.69, 9.17) is 5.11 Å². The Morgan fingerprint density at radius 1 is 1.12 bits per heavy atom. The van der Waals surface area contributed by atoms with Gasteiger partial charge in [0.05, 0.1) is 5.56 Å². The standard InChI is InChI=1S/C18H20N2O4/c1-12(2)16(20-10-4-3-5-15(20)21)17(22)19-11-13-6-8-14(9-7-13)18(23)24/h3-10,12,16H,11H2,1-2H3,(H,19,22)(H,23,24). The first-order valence-corrected chi connectivity index (χ1v) is 7.67. The highest BCUT2D eigenvalue weighted by Crippen LogP contribution is 2.16. The molecule has 0 saturated heterocycles. The van der Waals surface area contributed by atoms with Crippen LogP contribution in [0.4, 0.5) is 0 Å². The van der Waals surface area contributed by atoms with Gasteiger partial charge < -0.3 is 15.0 Å². The van der Waals surface area contributed by atoms with Crippen LogP contribution in [-0.2, 0) is 11.3 Å². The maximum absolute atomic E-state index is 12.5. The van der Waals surface area contributed by atoms with E-state index in [1.165, 1.54) is 22.8 Å².